The number of piperazine rings is 1. The average Bonchev–Trinajstić information content (AvgIpc) is 3.85. The Hall–Kier alpha value is -3.80. The lowest BCUT2D eigenvalue weighted by atomic mass is 9.83. The maximum absolute atomic E-state index is 14.6. The number of carbonyl (C=O) groups excluding carboxylic acids is 1. The van der Waals surface area contributed by atoms with E-state index in [1.54, 1.807) is 7.11 Å². The third kappa shape index (κ3) is 7.39. The number of fused-ring (bicyclic) bond motifs is 2. The largest absolute Gasteiger partial charge is 0.486 e. The Morgan fingerprint density at radius 1 is 1.04 bits per heavy atom. The Labute approximate surface area is 293 Å². The van der Waals surface area contributed by atoms with Gasteiger partial charge in [-0.25, -0.2) is 8.78 Å². The van der Waals surface area contributed by atoms with Crippen molar-refractivity contribution in [1.29, 1.82) is 0 Å². The molecular weight excluding hydrogens is 673 g/mol. The van der Waals surface area contributed by atoms with Crippen LogP contribution in [0.5, 0.6) is 5.75 Å². The van der Waals surface area contributed by atoms with E-state index in [1.807, 2.05) is 41.3 Å². The molecule has 2 bridgehead atoms. The highest BCUT2D eigenvalue weighted by Gasteiger charge is 2.41. The number of hydrogen-bond donors (Lipinski definition) is 2. The van der Waals surface area contributed by atoms with E-state index in [1.165, 1.54) is 6.07 Å². The standard InChI is InChI=1S/C37H36Cl2F2N4O4/c1-47-13-12-21-2-9-29(38)23(14-21)19-45(25-5-6-25)37(46)34-28(15-24-17-42-18-33(34)43-24)22-3-7-26(8-4-22)48-20-27-16-32(44-49-27)35-30(40)10-11-31(41)36(35)39/h2-4,7-11,14,16,24-25,33,42-43H,5-6,12-13,15,17-20H2,1H3/t24-,33-/m0/s1. The minimum Gasteiger partial charge on any atom is -0.486 e. The number of methoxy groups -OCH3 is 1. The molecule has 2 N–H and O–H groups in total. The minimum atomic E-state index is -0.749. The van der Waals surface area contributed by atoms with Crippen molar-refractivity contribution >= 4 is 34.7 Å². The molecule has 7 rings (SSSR count). The average molecular weight is 710 g/mol. The normalized spacial score (nSPS) is 18.9. The Bertz CT molecular complexity index is 1880. The van der Waals surface area contributed by atoms with Crippen LogP contribution in [0, 0.1) is 11.6 Å². The zero-order valence-corrected chi connectivity index (χ0v) is 28.4. The monoisotopic (exact) mass is 708 g/mol. The van der Waals surface area contributed by atoms with Gasteiger partial charge in [-0.2, -0.15) is 0 Å². The van der Waals surface area contributed by atoms with Crippen molar-refractivity contribution in [3.63, 3.8) is 0 Å². The Morgan fingerprint density at radius 3 is 2.61 bits per heavy atom. The lowest BCUT2D eigenvalue weighted by Gasteiger charge is -2.41. The molecule has 1 aliphatic carbocycles. The Morgan fingerprint density at radius 2 is 1.84 bits per heavy atom. The van der Waals surface area contributed by atoms with Crippen molar-refractivity contribution in [1.82, 2.24) is 20.7 Å². The number of nitrogens with zero attached hydrogens (tertiary/aromatic N) is 2. The summed E-state index contributed by atoms with van der Waals surface area (Å²) in [5.41, 5.74) is 4.75. The summed E-state index contributed by atoms with van der Waals surface area (Å²) in [5, 5.41) is 11.3. The first-order valence-corrected chi connectivity index (χ1v) is 17.1. The summed E-state index contributed by atoms with van der Waals surface area (Å²) in [6, 6.07) is 17.3. The van der Waals surface area contributed by atoms with Crippen LogP contribution in [0.2, 0.25) is 10.0 Å². The molecule has 12 heteroatoms. The summed E-state index contributed by atoms with van der Waals surface area (Å²) >= 11 is 12.6. The number of nitrogens with one attached hydrogen (secondary N) is 2. The van der Waals surface area contributed by atoms with Crippen molar-refractivity contribution in [3.8, 4) is 17.0 Å². The molecule has 0 radical (unpaired) electrons. The molecule has 2 fully saturated rings. The van der Waals surface area contributed by atoms with Gasteiger partial charge in [0.1, 0.15) is 29.7 Å². The fourth-order valence-electron chi connectivity index (χ4n) is 6.62. The molecule has 1 saturated carbocycles. The number of amides is 1. The summed E-state index contributed by atoms with van der Waals surface area (Å²) in [5.74, 6) is -0.530. The number of carbonyl (C=O) groups is 1. The molecule has 0 spiro atoms. The van der Waals surface area contributed by atoms with E-state index in [0.29, 0.717) is 42.6 Å². The summed E-state index contributed by atoms with van der Waals surface area (Å²) in [4.78, 5) is 16.6. The number of hydrogen-bond acceptors (Lipinski definition) is 7. The van der Waals surface area contributed by atoms with Crippen LogP contribution in [0.1, 0.15) is 41.7 Å². The fraction of sp³-hybridized carbons (Fsp3) is 0.351. The van der Waals surface area contributed by atoms with E-state index < -0.39 is 11.6 Å². The van der Waals surface area contributed by atoms with E-state index in [-0.39, 0.29) is 46.9 Å². The van der Waals surface area contributed by atoms with Crippen molar-refractivity contribution in [2.45, 2.75) is 57.0 Å². The van der Waals surface area contributed by atoms with Gasteiger partial charge in [-0.05, 0) is 78.3 Å². The zero-order chi connectivity index (χ0) is 34.1. The van der Waals surface area contributed by atoms with Crippen LogP contribution in [0.25, 0.3) is 16.8 Å². The van der Waals surface area contributed by atoms with Gasteiger partial charge in [0.05, 0.1) is 23.2 Å². The lowest BCUT2D eigenvalue weighted by molar-refractivity contribution is -0.128. The number of halogens is 4. The molecule has 49 heavy (non-hydrogen) atoms. The quantitative estimate of drug-likeness (QED) is 0.154. The second kappa shape index (κ2) is 14.6. The van der Waals surface area contributed by atoms with Crippen LogP contribution >= 0.6 is 23.2 Å². The molecule has 1 amide bonds. The lowest BCUT2D eigenvalue weighted by Crippen LogP contribution is -2.60. The van der Waals surface area contributed by atoms with Crippen LogP contribution < -0.4 is 15.4 Å². The van der Waals surface area contributed by atoms with E-state index in [2.05, 4.69) is 21.9 Å². The zero-order valence-electron chi connectivity index (χ0n) is 26.9. The highest BCUT2D eigenvalue weighted by molar-refractivity contribution is 6.33. The summed E-state index contributed by atoms with van der Waals surface area (Å²) in [6.07, 6.45) is 3.42. The van der Waals surface area contributed by atoms with Gasteiger partial charge < -0.3 is 29.5 Å². The SMILES string of the molecule is COCCc1ccc(Cl)c(CN(C(=O)C2=C(c3ccc(OCc4cc(-c5c(F)ccc(F)c5Cl)no4)cc3)C[C@H]3CNC[C@@H]2N3)C2CC2)c1. The molecule has 0 unspecified atom stereocenters. The second-order valence-electron chi connectivity index (χ2n) is 12.7. The van der Waals surface area contributed by atoms with Gasteiger partial charge >= 0.3 is 0 Å². The van der Waals surface area contributed by atoms with Gasteiger partial charge in [-0.1, -0.05) is 52.6 Å². The number of rotatable bonds is 12. The highest BCUT2D eigenvalue weighted by Crippen LogP contribution is 2.38. The molecule has 3 heterocycles. The van der Waals surface area contributed by atoms with Gasteiger partial charge in [-0.3, -0.25) is 4.79 Å². The van der Waals surface area contributed by atoms with Crippen LogP contribution in [0.4, 0.5) is 8.78 Å². The molecule has 3 aliphatic rings. The molecule has 256 valence electrons. The third-order valence-electron chi connectivity index (χ3n) is 9.27. The fourth-order valence-corrected chi connectivity index (χ4v) is 7.05. The molecule has 1 saturated heterocycles. The summed E-state index contributed by atoms with van der Waals surface area (Å²) < 4.78 is 44.8. The number of ether oxygens (including phenoxy) is 2. The van der Waals surface area contributed by atoms with Crippen molar-refractivity contribution < 1.29 is 27.6 Å². The number of aromatic nitrogens is 1. The molecule has 3 aromatic carbocycles. The molecule has 1 aromatic heterocycles. The van der Waals surface area contributed by atoms with Crippen LogP contribution in [0.15, 0.2) is 70.8 Å². The van der Waals surface area contributed by atoms with Gasteiger partial charge in [-0.15, -0.1) is 0 Å². The predicted octanol–water partition coefficient (Wildman–Crippen LogP) is 6.97. The molecule has 8 nitrogen and oxygen atoms in total. The second-order valence-corrected chi connectivity index (χ2v) is 13.5. The van der Waals surface area contributed by atoms with Crippen molar-refractivity contribution in [2.24, 2.45) is 0 Å². The maximum atomic E-state index is 14.6. The summed E-state index contributed by atoms with van der Waals surface area (Å²) in [7, 11) is 1.69. The van der Waals surface area contributed by atoms with E-state index >= 15 is 0 Å². The molecule has 2 aliphatic heterocycles. The molecule has 2 atom stereocenters. The summed E-state index contributed by atoms with van der Waals surface area (Å²) in [6.45, 7) is 2.55. The van der Waals surface area contributed by atoms with E-state index in [9.17, 15) is 13.6 Å². The van der Waals surface area contributed by atoms with Gasteiger partial charge in [0.2, 0.25) is 0 Å². The van der Waals surface area contributed by atoms with Crippen molar-refractivity contribution in [3.05, 3.63) is 110 Å². The van der Waals surface area contributed by atoms with E-state index in [0.717, 1.165) is 65.8 Å². The minimum absolute atomic E-state index is 0.0125. The van der Waals surface area contributed by atoms with Crippen molar-refractivity contribution in [2.75, 3.05) is 26.8 Å². The highest BCUT2D eigenvalue weighted by atomic mass is 35.5. The third-order valence-corrected chi connectivity index (χ3v) is 10.0. The number of benzene rings is 3. The van der Waals surface area contributed by atoms with Gasteiger partial charge in [0.25, 0.3) is 5.91 Å². The first kappa shape index (κ1) is 33.7. The first-order valence-electron chi connectivity index (χ1n) is 16.4. The molecule has 4 aromatic rings. The van der Waals surface area contributed by atoms with E-state index in [4.69, 9.17) is 37.2 Å². The smallest absolute Gasteiger partial charge is 0.252 e. The first-order chi connectivity index (χ1) is 23.8. The predicted molar refractivity (Wildman–Crippen MR) is 183 cm³/mol. The van der Waals surface area contributed by atoms with Gasteiger partial charge in [0.15, 0.2) is 5.76 Å². The topological polar surface area (TPSA) is 88.9 Å². The van der Waals surface area contributed by atoms with Crippen LogP contribution in [-0.2, 0) is 29.1 Å². The van der Waals surface area contributed by atoms with Crippen LogP contribution in [0.3, 0.4) is 0 Å². The van der Waals surface area contributed by atoms with Gasteiger partial charge in [0, 0.05) is 55.5 Å². The Kier molecular flexibility index (Phi) is 10.0. The Balaban J connectivity index is 1.11. The molecular formula is C37H36Cl2F2N4O4. The van der Waals surface area contributed by atoms with Crippen LogP contribution in [-0.4, -0.2) is 60.9 Å². The maximum Gasteiger partial charge on any atom is 0.252 e.